The largest absolute Gasteiger partial charge is 0.490 e. The summed E-state index contributed by atoms with van der Waals surface area (Å²) in [4.78, 5) is 0. The van der Waals surface area contributed by atoms with E-state index in [9.17, 15) is 0 Å². The van der Waals surface area contributed by atoms with Crippen molar-refractivity contribution in [3.63, 3.8) is 0 Å². The Hall–Kier alpha value is -2.66. The predicted octanol–water partition coefficient (Wildman–Crippen LogP) is 3.98. The molecule has 1 aliphatic carbocycles. The van der Waals surface area contributed by atoms with Gasteiger partial charge in [-0.2, -0.15) is 0 Å². The summed E-state index contributed by atoms with van der Waals surface area (Å²) in [6.07, 6.45) is 4.59. The Labute approximate surface area is 159 Å². The van der Waals surface area contributed by atoms with Crippen LogP contribution >= 0.6 is 0 Å². The van der Waals surface area contributed by atoms with E-state index in [-0.39, 0.29) is 0 Å². The van der Waals surface area contributed by atoms with Gasteiger partial charge in [-0.3, -0.25) is 4.57 Å². The lowest BCUT2D eigenvalue weighted by Gasteiger charge is -2.29. The van der Waals surface area contributed by atoms with Gasteiger partial charge in [-0.15, -0.1) is 10.2 Å². The number of benzene rings is 2. The van der Waals surface area contributed by atoms with Crippen LogP contribution in [0.2, 0.25) is 0 Å². The van der Waals surface area contributed by atoms with E-state index in [2.05, 4.69) is 44.3 Å². The fourth-order valence-corrected chi connectivity index (χ4v) is 4.29. The second kappa shape index (κ2) is 7.16. The van der Waals surface area contributed by atoms with Crippen molar-refractivity contribution >= 4 is 0 Å². The first kappa shape index (κ1) is 16.5. The molecule has 2 aliphatic rings. The molecule has 3 aromatic rings. The van der Waals surface area contributed by atoms with Crippen molar-refractivity contribution in [1.29, 1.82) is 0 Å². The summed E-state index contributed by atoms with van der Waals surface area (Å²) in [5.74, 6) is 3.53. The van der Waals surface area contributed by atoms with E-state index < -0.39 is 0 Å². The summed E-state index contributed by atoms with van der Waals surface area (Å²) < 4.78 is 8.45. The van der Waals surface area contributed by atoms with Crippen LogP contribution in [0.1, 0.15) is 48.8 Å². The van der Waals surface area contributed by atoms with E-state index >= 15 is 0 Å². The highest BCUT2D eigenvalue weighted by molar-refractivity contribution is 5.44. The molecule has 2 heterocycles. The van der Waals surface area contributed by atoms with Crippen molar-refractivity contribution in [2.24, 2.45) is 0 Å². The van der Waals surface area contributed by atoms with Gasteiger partial charge in [-0.25, -0.2) is 0 Å². The van der Waals surface area contributed by atoms with Crippen molar-refractivity contribution in [3.8, 4) is 11.4 Å². The molecule has 5 rings (SSSR count). The molecule has 1 fully saturated rings. The average Bonchev–Trinajstić information content (AvgIpc) is 3.05. The van der Waals surface area contributed by atoms with Crippen molar-refractivity contribution in [2.75, 3.05) is 0 Å². The topological polar surface area (TPSA) is 52.0 Å². The molecule has 1 N–H and O–H groups in total. The van der Waals surface area contributed by atoms with Crippen LogP contribution in [0.4, 0.5) is 0 Å². The zero-order valence-corrected chi connectivity index (χ0v) is 15.3. The standard InChI is InChI=1S/C22H24N4O/c1-2-7-18(8-3-1)27-19-12-10-16(11-13-19)22-25-24-21-15-23-14-17-6-4-5-9-20(17)26(21)22/h1-9,16,19,23H,10-15H2. The molecular formula is C22H24N4O. The van der Waals surface area contributed by atoms with E-state index in [1.807, 2.05) is 30.3 Å². The Bertz CT molecular complexity index is 913. The molecule has 1 aliphatic heterocycles. The molecule has 138 valence electrons. The lowest BCUT2D eigenvalue weighted by molar-refractivity contribution is 0.144. The molecule has 0 atom stereocenters. The predicted molar refractivity (Wildman–Crippen MR) is 104 cm³/mol. The van der Waals surface area contributed by atoms with Gasteiger partial charge in [0.1, 0.15) is 11.6 Å². The monoisotopic (exact) mass is 360 g/mol. The van der Waals surface area contributed by atoms with Crippen molar-refractivity contribution in [3.05, 3.63) is 71.8 Å². The van der Waals surface area contributed by atoms with Crippen molar-refractivity contribution in [2.45, 2.75) is 50.8 Å². The van der Waals surface area contributed by atoms with Gasteiger partial charge < -0.3 is 10.1 Å². The van der Waals surface area contributed by atoms with Gasteiger partial charge >= 0.3 is 0 Å². The van der Waals surface area contributed by atoms with Crippen LogP contribution in [0, 0.1) is 0 Å². The lowest BCUT2D eigenvalue weighted by Crippen LogP contribution is -2.24. The molecule has 1 aromatic heterocycles. The molecule has 27 heavy (non-hydrogen) atoms. The normalized spacial score (nSPS) is 21.8. The van der Waals surface area contributed by atoms with Gasteiger partial charge in [0.05, 0.1) is 18.3 Å². The molecule has 0 amide bonds. The maximum absolute atomic E-state index is 6.16. The first-order valence-corrected chi connectivity index (χ1v) is 9.83. The van der Waals surface area contributed by atoms with E-state index in [1.165, 1.54) is 11.3 Å². The van der Waals surface area contributed by atoms with E-state index in [4.69, 9.17) is 4.74 Å². The fourth-order valence-electron chi connectivity index (χ4n) is 4.29. The Morgan fingerprint density at radius 2 is 1.63 bits per heavy atom. The highest BCUT2D eigenvalue weighted by Gasteiger charge is 2.29. The minimum atomic E-state index is 0.295. The zero-order chi connectivity index (χ0) is 18.1. The quantitative estimate of drug-likeness (QED) is 0.768. The molecule has 2 aromatic carbocycles. The van der Waals surface area contributed by atoms with Gasteiger partial charge in [0, 0.05) is 12.5 Å². The fraction of sp³-hybridized carbons (Fsp3) is 0.364. The Morgan fingerprint density at radius 1 is 0.852 bits per heavy atom. The molecule has 1 saturated carbocycles. The van der Waals surface area contributed by atoms with Crippen LogP contribution in [-0.4, -0.2) is 20.9 Å². The van der Waals surface area contributed by atoms with E-state index in [0.29, 0.717) is 12.0 Å². The number of ether oxygens (including phenoxy) is 1. The van der Waals surface area contributed by atoms with Crippen molar-refractivity contribution in [1.82, 2.24) is 20.1 Å². The highest BCUT2D eigenvalue weighted by atomic mass is 16.5. The van der Waals surface area contributed by atoms with Gasteiger partial charge in [0.25, 0.3) is 0 Å². The van der Waals surface area contributed by atoms with Crippen LogP contribution in [0.15, 0.2) is 54.6 Å². The number of rotatable bonds is 3. The number of fused-ring (bicyclic) bond motifs is 3. The third kappa shape index (κ3) is 3.23. The van der Waals surface area contributed by atoms with Gasteiger partial charge in [-0.1, -0.05) is 36.4 Å². The summed E-state index contributed by atoms with van der Waals surface area (Å²) >= 11 is 0. The molecule has 0 saturated heterocycles. The maximum Gasteiger partial charge on any atom is 0.151 e. The minimum absolute atomic E-state index is 0.295. The van der Waals surface area contributed by atoms with Crippen LogP contribution in [-0.2, 0) is 13.1 Å². The van der Waals surface area contributed by atoms with Gasteiger partial charge in [-0.05, 0) is 49.4 Å². The third-order valence-electron chi connectivity index (χ3n) is 5.67. The van der Waals surface area contributed by atoms with E-state index in [0.717, 1.165) is 56.2 Å². The summed E-state index contributed by atoms with van der Waals surface area (Å²) in [6, 6.07) is 18.7. The molecule has 0 spiro atoms. The Balaban J connectivity index is 1.36. The highest BCUT2D eigenvalue weighted by Crippen LogP contribution is 2.35. The second-order valence-corrected chi connectivity index (χ2v) is 7.45. The zero-order valence-electron chi connectivity index (χ0n) is 15.3. The first-order chi connectivity index (χ1) is 13.4. The summed E-state index contributed by atoms with van der Waals surface area (Å²) in [5.41, 5.74) is 2.53. The Morgan fingerprint density at radius 3 is 2.48 bits per heavy atom. The number of nitrogens with zero attached hydrogens (tertiary/aromatic N) is 3. The average molecular weight is 360 g/mol. The summed E-state index contributed by atoms with van der Waals surface area (Å²) in [5, 5.41) is 12.6. The van der Waals surface area contributed by atoms with Crippen LogP contribution in [0.3, 0.4) is 0 Å². The number of hydrogen-bond donors (Lipinski definition) is 1. The minimum Gasteiger partial charge on any atom is -0.490 e. The molecule has 5 nitrogen and oxygen atoms in total. The smallest absolute Gasteiger partial charge is 0.151 e. The summed E-state index contributed by atoms with van der Waals surface area (Å²) in [7, 11) is 0. The molecule has 0 unspecified atom stereocenters. The number of para-hydroxylation sites is 2. The molecule has 0 radical (unpaired) electrons. The summed E-state index contributed by atoms with van der Waals surface area (Å²) in [6.45, 7) is 1.63. The second-order valence-electron chi connectivity index (χ2n) is 7.45. The lowest BCUT2D eigenvalue weighted by atomic mass is 9.86. The van der Waals surface area contributed by atoms with Gasteiger partial charge in [0.2, 0.25) is 0 Å². The SMILES string of the molecule is c1ccc(OC2CCC(c3nnc4n3-c3ccccc3CNC4)CC2)cc1. The molecule has 0 bridgehead atoms. The Kier molecular flexibility index (Phi) is 4.38. The number of nitrogens with one attached hydrogen (secondary N) is 1. The van der Waals surface area contributed by atoms with Crippen LogP contribution < -0.4 is 10.1 Å². The first-order valence-electron chi connectivity index (χ1n) is 9.83. The maximum atomic E-state index is 6.16. The molecule has 5 heteroatoms. The third-order valence-corrected chi connectivity index (χ3v) is 5.67. The van der Waals surface area contributed by atoms with E-state index in [1.54, 1.807) is 0 Å². The van der Waals surface area contributed by atoms with Crippen LogP contribution in [0.5, 0.6) is 5.75 Å². The van der Waals surface area contributed by atoms with Crippen LogP contribution in [0.25, 0.3) is 5.69 Å². The molecular weight excluding hydrogens is 336 g/mol. The van der Waals surface area contributed by atoms with Gasteiger partial charge in [0.15, 0.2) is 5.82 Å². The number of hydrogen-bond acceptors (Lipinski definition) is 4. The van der Waals surface area contributed by atoms with Crippen molar-refractivity contribution < 1.29 is 4.74 Å². The number of aromatic nitrogens is 3.